The maximum absolute atomic E-state index is 12.3. The van der Waals surface area contributed by atoms with Gasteiger partial charge in [0.15, 0.2) is 11.5 Å². The number of hydrogen-bond donors (Lipinski definition) is 2. The second-order valence-electron chi connectivity index (χ2n) is 5.01. The minimum Gasteiger partial charge on any atom is -0.493 e. The highest BCUT2D eigenvalue weighted by Gasteiger charge is 2.21. The van der Waals surface area contributed by atoms with E-state index in [1.165, 1.54) is 19.2 Å². The van der Waals surface area contributed by atoms with Crippen molar-refractivity contribution in [1.82, 2.24) is 5.32 Å². The van der Waals surface area contributed by atoms with Crippen LogP contribution in [0, 0.1) is 0 Å². The van der Waals surface area contributed by atoms with Crippen molar-refractivity contribution >= 4 is 23.5 Å². The van der Waals surface area contributed by atoms with Gasteiger partial charge in [0, 0.05) is 5.56 Å². The van der Waals surface area contributed by atoms with E-state index in [-0.39, 0.29) is 17.0 Å². The van der Waals surface area contributed by atoms with Crippen molar-refractivity contribution in [3.8, 4) is 11.5 Å². The third-order valence-corrected chi connectivity index (χ3v) is 3.43. The summed E-state index contributed by atoms with van der Waals surface area (Å²) in [7, 11) is 1.44. The number of halogens is 1. The lowest BCUT2D eigenvalue weighted by atomic mass is 10.1. The lowest BCUT2D eigenvalue weighted by molar-refractivity contribution is -0.139. The Morgan fingerprint density at radius 1 is 1.42 bits per heavy atom. The van der Waals surface area contributed by atoms with Crippen molar-refractivity contribution in [2.45, 2.75) is 32.7 Å². The highest BCUT2D eigenvalue weighted by Crippen LogP contribution is 2.36. The highest BCUT2D eigenvalue weighted by atomic mass is 35.5. The predicted octanol–water partition coefficient (Wildman–Crippen LogP) is 3.29. The quantitative estimate of drug-likeness (QED) is 0.664. The van der Waals surface area contributed by atoms with Crippen LogP contribution in [0.1, 0.15) is 37.0 Å². The van der Waals surface area contributed by atoms with E-state index in [1.54, 1.807) is 19.1 Å². The SMILES string of the molecule is C/C=C/CC(NC(=O)c1cc(Cl)c(OCCC)c(OC)c1)C(=O)O. The van der Waals surface area contributed by atoms with Crippen molar-refractivity contribution in [2.24, 2.45) is 0 Å². The van der Waals surface area contributed by atoms with E-state index in [1.807, 2.05) is 6.92 Å². The van der Waals surface area contributed by atoms with Gasteiger partial charge in [-0.15, -0.1) is 0 Å². The molecule has 0 spiro atoms. The van der Waals surface area contributed by atoms with Crippen molar-refractivity contribution in [3.05, 3.63) is 34.9 Å². The second kappa shape index (κ2) is 9.82. The Morgan fingerprint density at radius 3 is 2.67 bits per heavy atom. The van der Waals surface area contributed by atoms with Crippen LogP contribution in [0.2, 0.25) is 5.02 Å². The van der Waals surface area contributed by atoms with E-state index in [0.29, 0.717) is 18.1 Å². The first-order chi connectivity index (χ1) is 11.4. The molecule has 0 heterocycles. The van der Waals surface area contributed by atoms with E-state index in [9.17, 15) is 14.7 Å². The van der Waals surface area contributed by atoms with E-state index >= 15 is 0 Å². The third-order valence-electron chi connectivity index (χ3n) is 3.15. The summed E-state index contributed by atoms with van der Waals surface area (Å²) < 4.78 is 10.7. The van der Waals surface area contributed by atoms with Gasteiger partial charge in [-0.25, -0.2) is 4.79 Å². The summed E-state index contributed by atoms with van der Waals surface area (Å²) in [6.45, 7) is 4.20. The summed E-state index contributed by atoms with van der Waals surface area (Å²) in [5, 5.41) is 11.9. The molecule has 7 heteroatoms. The molecule has 1 rings (SSSR count). The van der Waals surface area contributed by atoms with E-state index in [4.69, 9.17) is 21.1 Å². The Hall–Kier alpha value is -2.21. The molecule has 1 atom stereocenters. The Labute approximate surface area is 146 Å². The van der Waals surface area contributed by atoms with Crippen molar-refractivity contribution in [3.63, 3.8) is 0 Å². The molecule has 0 saturated heterocycles. The Morgan fingerprint density at radius 2 is 2.12 bits per heavy atom. The predicted molar refractivity (Wildman–Crippen MR) is 92.1 cm³/mol. The fourth-order valence-electron chi connectivity index (χ4n) is 1.93. The first-order valence-electron chi connectivity index (χ1n) is 7.59. The minimum absolute atomic E-state index is 0.195. The second-order valence-corrected chi connectivity index (χ2v) is 5.41. The fraction of sp³-hybridized carbons (Fsp3) is 0.412. The molecule has 0 aromatic heterocycles. The average Bonchev–Trinajstić information content (AvgIpc) is 2.56. The molecular weight excluding hydrogens is 334 g/mol. The van der Waals surface area contributed by atoms with Crippen molar-refractivity contribution < 1.29 is 24.2 Å². The van der Waals surface area contributed by atoms with Gasteiger partial charge in [0.2, 0.25) is 0 Å². The molecule has 0 bridgehead atoms. The normalized spacial score (nSPS) is 12.0. The summed E-state index contributed by atoms with van der Waals surface area (Å²) in [4.78, 5) is 23.5. The van der Waals surface area contributed by atoms with Crippen LogP contribution in [0.15, 0.2) is 24.3 Å². The van der Waals surface area contributed by atoms with Gasteiger partial charge in [-0.05, 0) is 31.9 Å². The van der Waals surface area contributed by atoms with Gasteiger partial charge in [-0.1, -0.05) is 30.7 Å². The zero-order chi connectivity index (χ0) is 18.1. The molecule has 0 aliphatic rings. The minimum atomic E-state index is -1.11. The molecule has 24 heavy (non-hydrogen) atoms. The molecule has 1 amide bonds. The Balaban J connectivity index is 3.01. The summed E-state index contributed by atoms with van der Waals surface area (Å²) >= 11 is 6.16. The van der Waals surface area contributed by atoms with Gasteiger partial charge >= 0.3 is 5.97 Å². The monoisotopic (exact) mass is 355 g/mol. The van der Waals surface area contributed by atoms with Gasteiger partial charge in [-0.2, -0.15) is 0 Å². The molecule has 1 unspecified atom stereocenters. The molecule has 2 N–H and O–H groups in total. The Bertz CT molecular complexity index is 615. The first kappa shape index (κ1) is 19.8. The molecule has 0 saturated carbocycles. The molecule has 132 valence electrons. The van der Waals surface area contributed by atoms with Gasteiger partial charge in [0.05, 0.1) is 18.7 Å². The molecular formula is C17H22ClNO5. The van der Waals surface area contributed by atoms with Gasteiger partial charge in [-0.3, -0.25) is 4.79 Å². The summed E-state index contributed by atoms with van der Waals surface area (Å²) in [5.74, 6) is -0.973. The Kier molecular flexibility index (Phi) is 8.12. The molecule has 0 radical (unpaired) electrons. The molecule has 1 aromatic carbocycles. The standard InChI is InChI=1S/C17H22ClNO5/c1-4-6-7-13(17(21)22)19-16(20)11-9-12(18)15(24-8-5-2)14(10-11)23-3/h4,6,9-10,13H,5,7-8H2,1-3H3,(H,19,20)(H,21,22)/b6-4+. The number of benzene rings is 1. The van der Waals surface area contributed by atoms with E-state index in [2.05, 4.69) is 5.32 Å². The lowest BCUT2D eigenvalue weighted by Gasteiger charge is -2.16. The largest absolute Gasteiger partial charge is 0.493 e. The molecule has 6 nitrogen and oxygen atoms in total. The number of aliphatic carboxylic acids is 1. The van der Waals surface area contributed by atoms with Crippen LogP contribution in [0.5, 0.6) is 11.5 Å². The molecule has 1 aromatic rings. The lowest BCUT2D eigenvalue weighted by Crippen LogP contribution is -2.40. The van der Waals surface area contributed by atoms with Crippen LogP contribution in [-0.2, 0) is 4.79 Å². The summed E-state index contributed by atoms with van der Waals surface area (Å²) in [6.07, 6.45) is 4.39. The maximum atomic E-state index is 12.3. The number of rotatable bonds is 9. The van der Waals surface area contributed by atoms with Gasteiger partial charge in [0.1, 0.15) is 6.04 Å². The maximum Gasteiger partial charge on any atom is 0.326 e. The highest BCUT2D eigenvalue weighted by molar-refractivity contribution is 6.32. The van der Waals surface area contributed by atoms with Gasteiger partial charge in [0.25, 0.3) is 5.91 Å². The van der Waals surface area contributed by atoms with Crippen LogP contribution < -0.4 is 14.8 Å². The number of carbonyl (C=O) groups is 2. The summed E-state index contributed by atoms with van der Waals surface area (Å²) in [6, 6.07) is 1.88. The molecule has 0 aliphatic heterocycles. The van der Waals surface area contributed by atoms with Crippen molar-refractivity contribution in [2.75, 3.05) is 13.7 Å². The number of methoxy groups -OCH3 is 1. The van der Waals surface area contributed by atoms with Crippen LogP contribution in [0.3, 0.4) is 0 Å². The van der Waals surface area contributed by atoms with Crippen molar-refractivity contribution in [1.29, 1.82) is 0 Å². The topological polar surface area (TPSA) is 84.9 Å². The smallest absolute Gasteiger partial charge is 0.326 e. The number of ether oxygens (including phenoxy) is 2. The number of nitrogens with one attached hydrogen (secondary N) is 1. The third kappa shape index (κ3) is 5.45. The van der Waals surface area contributed by atoms with Crippen LogP contribution in [0.4, 0.5) is 0 Å². The summed E-state index contributed by atoms with van der Waals surface area (Å²) in [5.41, 5.74) is 0.201. The number of carboxylic acid groups (broad SMARTS) is 1. The van der Waals surface area contributed by atoms with E-state index < -0.39 is 17.9 Å². The fourth-order valence-corrected chi connectivity index (χ4v) is 2.20. The van der Waals surface area contributed by atoms with Crippen LogP contribution in [-0.4, -0.2) is 36.7 Å². The number of amides is 1. The number of allylic oxidation sites excluding steroid dienone is 1. The molecule has 0 aliphatic carbocycles. The number of carbonyl (C=O) groups excluding carboxylic acids is 1. The van der Waals surface area contributed by atoms with Crippen LogP contribution >= 0.6 is 11.6 Å². The average molecular weight is 356 g/mol. The van der Waals surface area contributed by atoms with E-state index in [0.717, 1.165) is 6.42 Å². The first-order valence-corrected chi connectivity index (χ1v) is 7.97. The zero-order valence-corrected chi connectivity index (χ0v) is 14.7. The number of carboxylic acids is 1. The van der Waals surface area contributed by atoms with Gasteiger partial charge < -0.3 is 19.9 Å². The van der Waals surface area contributed by atoms with Crippen LogP contribution in [0.25, 0.3) is 0 Å². The molecule has 0 fully saturated rings. The number of hydrogen-bond acceptors (Lipinski definition) is 4. The zero-order valence-electron chi connectivity index (χ0n) is 14.0.